The third kappa shape index (κ3) is 6.05. The summed E-state index contributed by atoms with van der Waals surface area (Å²) in [6.07, 6.45) is 0.124. The number of β-lactam (4-membered cyclic amide) rings is 1. The van der Waals surface area contributed by atoms with E-state index in [1.165, 1.54) is 11.8 Å². The predicted octanol–water partition coefficient (Wildman–Crippen LogP) is 3.15. The number of hydrogen-bond donors (Lipinski definition) is 1. The quantitative estimate of drug-likeness (QED) is 0.234. The zero-order chi connectivity index (χ0) is 28.3. The minimum absolute atomic E-state index is 0.0155. The van der Waals surface area contributed by atoms with Crippen molar-refractivity contribution < 1.29 is 31.7 Å². The molecule has 206 valence electrons. The first kappa shape index (κ1) is 27.5. The maximum Gasteiger partial charge on any atom is 0.359 e. The molecule has 2 aliphatic rings. The molecule has 11 heteroatoms. The van der Waals surface area contributed by atoms with Gasteiger partial charge in [0.2, 0.25) is 5.91 Å². The van der Waals surface area contributed by atoms with Crippen molar-refractivity contribution in [3.63, 3.8) is 0 Å². The van der Waals surface area contributed by atoms with Crippen LogP contribution in [-0.4, -0.2) is 54.5 Å². The lowest BCUT2D eigenvalue weighted by atomic mass is 10.0. The fourth-order valence-corrected chi connectivity index (χ4v) is 6.41. The Balaban J connectivity index is 1.41. The number of amides is 2. The average molecular weight is 579 g/mol. The number of benzene rings is 3. The molecule has 0 spiro atoms. The van der Waals surface area contributed by atoms with Gasteiger partial charge in [0.25, 0.3) is 5.91 Å². The normalized spacial score (nSPS) is 18.6. The lowest BCUT2D eigenvalue weighted by Gasteiger charge is -2.49. The fourth-order valence-electron chi connectivity index (χ4n) is 4.58. The molecule has 3 aromatic rings. The standard InChI is InChI=1S/C29H26N2O7S2/c1-40(35,36)38-22-18-39-28-24(30-23(32)17-19-11-5-2-6-12-19)27(33)31(28)25(22)29(34)37-26(20-13-7-3-8-14-20)21-15-9-4-10-16-21/h2-16,24,26,28H,17-18H2,1H3,(H,30,32)/t24?,28-/m1/s1. The second-order valence-electron chi connectivity index (χ2n) is 9.28. The van der Waals surface area contributed by atoms with Gasteiger partial charge in [0.05, 0.1) is 18.4 Å². The number of ether oxygens (including phenoxy) is 1. The number of fused-ring (bicyclic) bond motifs is 1. The molecular weight excluding hydrogens is 552 g/mol. The average Bonchev–Trinajstić information content (AvgIpc) is 2.95. The molecule has 1 unspecified atom stereocenters. The molecule has 3 aromatic carbocycles. The van der Waals surface area contributed by atoms with Crippen LogP contribution >= 0.6 is 11.8 Å². The monoisotopic (exact) mass is 578 g/mol. The zero-order valence-electron chi connectivity index (χ0n) is 21.4. The van der Waals surface area contributed by atoms with Crippen LogP contribution in [0.1, 0.15) is 22.8 Å². The van der Waals surface area contributed by atoms with E-state index in [0.717, 1.165) is 16.7 Å². The SMILES string of the molecule is CS(=O)(=O)OC1=C(C(=O)OC(c2ccccc2)c2ccccc2)N2C(=O)C(NC(=O)Cc3ccccc3)[C@H]2SC1. The lowest BCUT2D eigenvalue weighted by Crippen LogP contribution is -2.70. The van der Waals surface area contributed by atoms with Gasteiger partial charge in [-0.3, -0.25) is 14.5 Å². The first-order valence-electron chi connectivity index (χ1n) is 12.4. The summed E-state index contributed by atoms with van der Waals surface area (Å²) in [7, 11) is -4.01. The molecule has 2 aliphatic heterocycles. The molecule has 1 saturated heterocycles. The molecule has 0 aromatic heterocycles. The Labute approximate surface area is 236 Å². The fraction of sp³-hybridized carbons (Fsp3) is 0.207. The van der Waals surface area contributed by atoms with Crippen molar-refractivity contribution in [1.82, 2.24) is 10.2 Å². The van der Waals surface area contributed by atoms with Gasteiger partial charge in [-0.05, 0) is 16.7 Å². The number of hydrogen-bond acceptors (Lipinski definition) is 8. The molecule has 0 radical (unpaired) electrons. The van der Waals surface area contributed by atoms with Gasteiger partial charge in [-0.1, -0.05) is 91.0 Å². The Kier molecular flexibility index (Phi) is 7.95. The highest BCUT2D eigenvalue weighted by Crippen LogP contribution is 2.42. The second kappa shape index (κ2) is 11.6. The highest BCUT2D eigenvalue weighted by Gasteiger charge is 2.55. The minimum atomic E-state index is -4.01. The summed E-state index contributed by atoms with van der Waals surface area (Å²) < 4.78 is 35.1. The number of carbonyl (C=O) groups excluding carboxylic acids is 3. The van der Waals surface area contributed by atoms with Crippen LogP contribution in [0.4, 0.5) is 0 Å². The summed E-state index contributed by atoms with van der Waals surface area (Å²) in [5, 5.41) is 2.11. The van der Waals surface area contributed by atoms with Crippen LogP contribution in [0, 0.1) is 0 Å². The van der Waals surface area contributed by atoms with Crippen LogP contribution in [0.3, 0.4) is 0 Å². The van der Waals surface area contributed by atoms with Crippen molar-refractivity contribution in [2.24, 2.45) is 0 Å². The number of thioether (sulfide) groups is 1. The Bertz CT molecular complexity index is 1510. The number of nitrogens with zero attached hydrogens (tertiary/aromatic N) is 1. The molecule has 40 heavy (non-hydrogen) atoms. The summed E-state index contributed by atoms with van der Waals surface area (Å²) >= 11 is 1.19. The summed E-state index contributed by atoms with van der Waals surface area (Å²) in [6, 6.07) is 26.4. The van der Waals surface area contributed by atoms with Crippen molar-refractivity contribution in [3.8, 4) is 0 Å². The van der Waals surface area contributed by atoms with Crippen molar-refractivity contribution in [1.29, 1.82) is 0 Å². The minimum Gasteiger partial charge on any atom is -0.448 e. The van der Waals surface area contributed by atoms with Crippen molar-refractivity contribution in [3.05, 3.63) is 119 Å². The van der Waals surface area contributed by atoms with Gasteiger partial charge < -0.3 is 14.2 Å². The Morgan fingerprint density at radius 1 is 0.950 bits per heavy atom. The van der Waals surface area contributed by atoms with Gasteiger partial charge >= 0.3 is 16.1 Å². The van der Waals surface area contributed by atoms with Crippen molar-refractivity contribution >= 4 is 39.7 Å². The third-order valence-corrected chi connectivity index (χ3v) is 8.09. The molecule has 2 heterocycles. The number of carbonyl (C=O) groups is 3. The molecule has 1 N–H and O–H groups in total. The van der Waals surface area contributed by atoms with Gasteiger partial charge in [-0.25, -0.2) is 4.79 Å². The highest BCUT2D eigenvalue weighted by molar-refractivity contribution is 8.00. The molecule has 0 saturated carbocycles. The Morgan fingerprint density at radius 3 is 2.05 bits per heavy atom. The van der Waals surface area contributed by atoms with E-state index < -0.39 is 39.5 Å². The topological polar surface area (TPSA) is 119 Å². The summed E-state index contributed by atoms with van der Waals surface area (Å²) in [5.41, 5.74) is 1.89. The van der Waals surface area contributed by atoms with Crippen LogP contribution < -0.4 is 5.32 Å². The maximum atomic E-state index is 13.7. The van der Waals surface area contributed by atoms with E-state index in [9.17, 15) is 22.8 Å². The van der Waals surface area contributed by atoms with Gasteiger partial charge in [0.15, 0.2) is 17.6 Å². The summed E-state index contributed by atoms with van der Waals surface area (Å²) in [6.45, 7) is 0. The summed E-state index contributed by atoms with van der Waals surface area (Å²) in [5.74, 6) is -2.03. The highest BCUT2D eigenvalue weighted by atomic mass is 32.2. The van der Waals surface area contributed by atoms with Crippen molar-refractivity contribution in [2.75, 3.05) is 12.0 Å². The van der Waals surface area contributed by atoms with E-state index >= 15 is 0 Å². The smallest absolute Gasteiger partial charge is 0.359 e. The van der Waals surface area contributed by atoms with E-state index in [1.54, 1.807) is 24.3 Å². The molecule has 9 nitrogen and oxygen atoms in total. The lowest BCUT2D eigenvalue weighted by molar-refractivity contribution is -0.155. The zero-order valence-corrected chi connectivity index (χ0v) is 23.1. The maximum absolute atomic E-state index is 13.7. The molecule has 5 rings (SSSR count). The van der Waals surface area contributed by atoms with Crippen LogP contribution in [0.15, 0.2) is 102 Å². The van der Waals surface area contributed by atoms with E-state index in [2.05, 4.69) is 5.32 Å². The van der Waals surface area contributed by atoms with Gasteiger partial charge in [0.1, 0.15) is 11.4 Å². The summed E-state index contributed by atoms with van der Waals surface area (Å²) in [4.78, 5) is 40.8. The van der Waals surface area contributed by atoms with E-state index in [1.807, 2.05) is 66.7 Å². The van der Waals surface area contributed by atoms with Crippen LogP contribution in [0.5, 0.6) is 0 Å². The number of rotatable bonds is 9. The van der Waals surface area contributed by atoms with E-state index in [0.29, 0.717) is 11.1 Å². The van der Waals surface area contributed by atoms with Gasteiger partial charge in [-0.15, -0.1) is 11.8 Å². The molecule has 0 aliphatic carbocycles. The van der Waals surface area contributed by atoms with Gasteiger partial charge in [0, 0.05) is 0 Å². The first-order valence-corrected chi connectivity index (χ1v) is 15.3. The largest absolute Gasteiger partial charge is 0.448 e. The Hall–Kier alpha value is -4.09. The molecule has 2 atom stereocenters. The van der Waals surface area contributed by atoms with E-state index in [-0.39, 0.29) is 29.5 Å². The van der Waals surface area contributed by atoms with Crippen molar-refractivity contribution in [2.45, 2.75) is 23.9 Å². The predicted molar refractivity (Wildman–Crippen MR) is 149 cm³/mol. The second-order valence-corrected chi connectivity index (χ2v) is 12.0. The van der Waals surface area contributed by atoms with Crippen LogP contribution in [0.2, 0.25) is 0 Å². The number of esters is 1. The third-order valence-electron chi connectivity index (χ3n) is 6.33. The first-order chi connectivity index (χ1) is 19.2. The molecular formula is C29H26N2O7S2. The van der Waals surface area contributed by atoms with Crippen LogP contribution in [-0.2, 0) is 39.8 Å². The Morgan fingerprint density at radius 2 is 1.50 bits per heavy atom. The van der Waals surface area contributed by atoms with E-state index in [4.69, 9.17) is 8.92 Å². The number of nitrogens with one attached hydrogen (secondary N) is 1. The molecule has 2 amide bonds. The molecule has 0 bridgehead atoms. The van der Waals surface area contributed by atoms with Gasteiger partial charge in [-0.2, -0.15) is 8.42 Å². The van der Waals surface area contributed by atoms with Crippen LogP contribution in [0.25, 0.3) is 0 Å². The molecule has 1 fully saturated rings.